The van der Waals surface area contributed by atoms with E-state index in [2.05, 4.69) is 20.9 Å². The van der Waals surface area contributed by atoms with Crippen LogP contribution in [0.25, 0.3) is 10.9 Å². The van der Waals surface area contributed by atoms with E-state index in [9.17, 15) is 4.39 Å². The largest absolute Gasteiger partial charge is 0.231 e. The maximum Gasteiger partial charge on any atom is 0.163 e. The fourth-order valence-corrected chi connectivity index (χ4v) is 1.75. The van der Waals surface area contributed by atoms with Crippen LogP contribution in [-0.4, -0.2) is 4.98 Å². The lowest BCUT2D eigenvalue weighted by Crippen LogP contribution is -1.87. The van der Waals surface area contributed by atoms with E-state index in [0.29, 0.717) is 14.9 Å². The molecule has 0 spiro atoms. The fraction of sp³-hybridized carbons (Fsp3) is 0. The lowest BCUT2D eigenvalue weighted by Gasteiger charge is -2.02. The van der Waals surface area contributed by atoms with Gasteiger partial charge in [0, 0.05) is 5.39 Å². The monoisotopic (exact) mass is 293 g/mol. The molecule has 2 aromatic rings. The summed E-state index contributed by atoms with van der Waals surface area (Å²) in [5.74, 6) is -0.430. The summed E-state index contributed by atoms with van der Waals surface area (Å²) >= 11 is 14.5. The lowest BCUT2D eigenvalue weighted by atomic mass is 10.2. The molecule has 0 atom stereocenters. The highest BCUT2D eigenvalue weighted by atomic mass is 79.9. The van der Waals surface area contributed by atoms with Gasteiger partial charge >= 0.3 is 0 Å². The zero-order valence-corrected chi connectivity index (χ0v) is 9.79. The Morgan fingerprint density at radius 1 is 1.29 bits per heavy atom. The maximum atomic E-state index is 13.5. The minimum Gasteiger partial charge on any atom is -0.231 e. The molecule has 0 unspecified atom stereocenters. The van der Waals surface area contributed by atoms with Crippen LogP contribution in [0.15, 0.2) is 22.7 Å². The van der Waals surface area contributed by atoms with Crippen molar-refractivity contribution in [1.29, 1.82) is 0 Å². The molecule has 1 aromatic carbocycles. The molecular weight excluding hydrogens is 292 g/mol. The van der Waals surface area contributed by atoms with Crippen LogP contribution in [0.3, 0.4) is 0 Å². The number of pyridine rings is 1. The normalized spacial score (nSPS) is 10.9. The molecule has 1 nitrogen and oxygen atoms in total. The molecule has 1 aromatic heterocycles. The number of hydrogen-bond acceptors (Lipinski definition) is 1. The van der Waals surface area contributed by atoms with E-state index in [0.717, 1.165) is 0 Å². The van der Waals surface area contributed by atoms with Crippen LogP contribution in [0.4, 0.5) is 4.39 Å². The van der Waals surface area contributed by atoms with Crippen molar-refractivity contribution in [3.05, 3.63) is 38.7 Å². The standard InChI is InChI=1S/C9H3BrCl2FN/c10-5-2-1-4-3-6(11)9(12)14-8(4)7(5)13/h1-3H. The molecule has 0 fully saturated rings. The number of rotatable bonds is 0. The molecule has 0 radical (unpaired) electrons. The molecule has 72 valence electrons. The van der Waals surface area contributed by atoms with Crippen LogP contribution in [0, 0.1) is 5.82 Å². The van der Waals surface area contributed by atoms with E-state index in [1.54, 1.807) is 18.2 Å². The van der Waals surface area contributed by atoms with Crippen molar-refractivity contribution in [2.45, 2.75) is 0 Å². The van der Waals surface area contributed by atoms with Crippen molar-refractivity contribution in [1.82, 2.24) is 4.98 Å². The molecule has 0 saturated heterocycles. The quantitative estimate of drug-likeness (QED) is 0.655. The highest BCUT2D eigenvalue weighted by molar-refractivity contribution is 9.10. The minimum absolute atomic E-state index is 0.108. The van der Waals surface area contributed by atoms with Gasteiger partial charge in [0.15, 0.2) is 5.82 Å². The Bertz CT molecular complexity index is 516. The third-order valence-electron chi connectivity index (χ3n) is 1.79. The Morgan fingerprint density at radius 3 is 2.71 bits per heavy atom. The summed E-state index contributed by atoms with van der Waals surface area (Å²) in [6, 6.07) is 4.91. The Morgan fingerprint density at radius 2 is 2.00 bits per heavy atom. The third kappa shape index (κ3) is 1.60. The van der Waals surface area contributed by atoms with Gasteiger partial charge in [-0.25, -0.2) is 9.37 Å². The lowest BCUT2D eigenvalue weighted by molar-refractivity contribution is 0.630. The van der Waals surface area contributed by atoms with Gasteiger partial charge in [-0.15, -0.1) is 0 Å². The second kappa shape index (κ2) is 3.65. The summed E-state index contributed by atoms with van der Waals surface area (Å²) in [5, 5.41) is 1.05. The topological polar surface area (TPSA) is 12.9 Å². The van der Waals surface area contributed by atoms with Crippen molar-refractivity contribution in [2.24, 2.45) is 0 Å². The van der Waals surface area contributed by atoms with E-state index in [-0.39, 0.29) is 10.7 Å². The summed E-state index contributed by atoms with van der Waals surface area (Å²) in [6.07, 6.45) is 0. The Labute approximate surface area is 98.0 Å². The predicted octanol–water partition coefficient (Wildman–Crippen LogP) is 4.44. The van der Waals surface area contributed by atoms with Crippen LogP contribution in [-0.2, 0) is 0 Å². The van der Waals surface area contributed by atoms with Crippen molar-refractivity contribution in [3.8, 4) is 0 Å². The molecule has 0 aliphatic heterocycles. The van der Waals surface area contributed by atoms with Crippen LogP contribution in [0.1, 0.15) is 0 Å². The summed E-state index contributed by atoms with van der Waals surface area (Å²) < 4.78 is 13.9. The van der Waals surface area contributed by atoms with E-state index in [1.165, 1.54) is 0 Å². The van der Waals surface area contributed by atoms with Gasteiger partial charge in [0.25, 0.3) is 0 Å². The predicted molar refractivity (Wildman–Crippen MR) is 59.4 cm³/mol. The number of benzene rings is 1. The van der Waals surface area contributed by atoms with Gasteiger partial charge in [-0.2, -0.15) is 0 Å². The Kier molecular flexibility index (Phi) is 2.64. The first-order valence-corrected chi connectivity index (χ1v) is 5.24. The molecule has 0 amide bonds. The average molecular weight is 295 g/mol. The van der Waals surface area contributed by atoms with Crippen LogP contribution in [0.2, 0.25) is 10.2 Å². The van der Waals surface area contributed by atoms with Gasteiger partial charge in [0.2, 0.25) is 0 Å². The molecule has 2 rings (SSSR count). The number of nitrogens with zero attached hydrogens (tertiary/aromatic N) is 1. The van der Waals surface area contributed by atoms with E-state index >= 15 is 0 Å². The van der Waals surface area contributed by atoms with Crippen molar-refractivity contribution >= 4 is 50.0 Å². The summed E-state index contributed by atoms with van der Waals surface area (Å²) in [6.45, 7) is 0. The highest BCUT2D eigenvalue weighted by Gasteiger charge is 2.09. The average Bonchev–Trinajstić information content (AvgIpc) is 2.15. The van der Waals surface area contributed by atoms with Crippen molar-refractivity contribution in [3.63, 3.8) is 0 Å². The molecule has 0 aliphatic rings. The fourth-order valence-electron chi connectivity index (χ4n) is 1.13. The first kappa shape index (κ1) is 10.1. The number of fused-ring (bicyclic) bond motifs is 1. The highest BCUT2D eigenvalue weighted by Crippen LogP contribution is 2.28. The Hall–Kier alpha value is -0.380. The summed E-state index contributed by atoms with van der Waals surface area (Å²) in [7, 11) is 0. The first-order valence-electron chi connectivity index (χ1n) is 3.69. The number of aromatic nitrogens is 1. The zero-order valence-electron chi connectivity index (χ0n) is 6.69. The van der Waals surface area contributed by atoms with Crippen LogP contribution >= 0.6 is 39.1 Å². The van der Waals surface area contributed by atoms with E-state index in [1.807, 2.05) is 0 Å². The van der Waals surface area contributed by atoms with Crippen LogP contribution in [0.5, 0.6) is 0 Å². The van der Waals surface area contributed by atoms with E-state index in [4.69, 9.17) is 23.2 Å². The van der Waals surface area contributed by atoms with Crippen molar-refractivity contribution < 1.29 is 4.39 Å². The molecule has 5 heteroatoms. The van der Waals surface area contributed by atoms with Crippen LogP contribution < -0.4 is 0 Å². The van der Waals surface area contributed by atoms with Gasteiger partial charge in [0.05, 0.1) is 9.50 Å². The van der Waals surface area contributed by atoms with E-state index < -0.39 is 5.82 Å². The first-order chi connectivity index (χ1) is 6.59. The number of halogens is 4. The third-order valence-corrected chi connectivity index (χ3v) is 3.07. The second-order valence-electron chi connectivity index (χ2n) is 2.69. The SMILES string of the molecule is Fc1c(Br)ccc2cc(Cl)c(Cl)nc12. The molecule has 0 N–H and O–H groups in total. The second-order valence-corrected chi connectivity index (χ2v) is 4.31. The summed E-state index contributed by atoms with van der Waals surface area (Å²) in [5.41, 5.74) is 0.216. The molecule has 1 heterocycles. The van der Waals surface area contributed by atoms with Crippen molar-refractivity contribution in [2.75, 3.05) is 0 Å². The molecular formula is C9H3BrCl2FN. The smallest absolute Gasteiger partial charge is 0.163 e. The molecule has 0 aliphatic carbocycles. The Balaban J connectivity index is 2.89. The van der Waals surface area contributed by atoms with Gasteiger partial charge < -0.3 is 0 Å². The minimum atomic E-state index is -0.430. The van der Waals surface area contributed by atoms with Gasteiger partial charge in [-0.05, 0) is 28.1 Å². The van der Waals surface area contributed by atoms with Gasteiger partial charge in [-0.3, -0.25) is 0 Å². The molecule has 0 saturated carbocycles. The maximum absolute atomic E-state index is 13.5. The van der Waals surface area contributed by atoms with Gasteiger partial charge in [0.1, 0.15) is 10.7 Å². The summed E-state index contributed by atoms with van der Waals surface area (Å²) in [4.78, 5) is 3.86. The zero-order chi connectivity index (χ0) is 10.3. The van der Waals surface area contributed by atoms with Gasteiger partial charge in [-0.1, -0.05) is 29.3 Å². The molecule has 0 bridgehead atoms. The molecule has 14 heavy (non-hydrogen) atoms. The number of hydrogen-bond donors (Lipinski definition) is 0.